The van der Waals surface area contributed by atoms with Crippen molar-refractivity contribution in [3.63, 3.8) is 0 Å². The molecule has 0 aliphatic carbocycles. The van der Waals surface area contributed by atoms with Crippen molar-refractivity contribution >= 4 is 29.1 Å². The summed E-state index contributed by atoms with van der Waals surface area (Å²) in [6.07, 6.45) is 6.55. The third-order valence-corrected chi connectivity index (χ3v) is 8.80. The maximum Gasteiger partial charge on any atom is 0.304 e. The Bertz CT molecular complexity index is 1190. The molecule has 0 unspecified atom stereocenters. The van der Waals surface area contributed by atoms with E-state index in [2.05, 4.69) is 47.2 Å². The summed E-state index contributed by atoms with van der Waals surface area (Å²) in [7, 11) is 0. The van der Waals surface area contributed by atoms with E-state index in [4.69, 9.17) is 26.1 Å². The zero-order chi connectivity index (χ0) is 28.8. The second-order valence-electron chi connectivity index (χ2n) is 12.4. The number of carbonyl (C=O) groups is 1. The van der Waals surface area contributed by atoms with Crippen LogP contribution in [0.15, 0.2) is 30.3 Å². The average Bonchev–Trinajstić information content (AvgIpc) is 2.95. The first-order valence-electron chi connectivity index (χ1n) is 15.2. The van der Waals surface area contributed by atoms with Gasteiger partial charge in [0.2, 0.25) is 0 Å². The quantitative estimate of drug-likeness (QED) is 0.364. The highest BCUT2D eigenvalue weighted by molar-refractivity contribution is 6.33. The topological polar surface area (TPSA) is 87.2 Å². The number of aryl methyl sites for hydroxylation is 2. The number of fused-ring (bicyclic) bond motifs is 1. The number of likely N-dealkylation sites (tertiary alicyclic amines) is 1. The fourth-order valence-corrected chi connectivity index (χ4v) is 6.57. The molecule has 8 nitrogen and oxygen atoms in total. The van der Waals surface area contributed by atoms with Gasteiger partial charge in [-0.3, -0.25) is 4.79 Å². The van der Waals surface area contributed by atoms with Crippen molar-refractivity contribution in [3.8, 4) is 0 Å². The molecule has 0 spiro atoms. The van der Waals surface area contributed by atoms with Gasteiger partial charge in [-0.2, -0.15) is 0 Å². The lowest BCUT2D eigenvalue weighted by atomic mass is 9.95. The van der Waals surface area contributed by atoms with E-state index in [1.54, 1.807) is 0 Å². The van der Waals surface area contributed by atoms with Crippen LogP contribution in [0.2, 0.25) is 5.02 Å². The van der Waals surface area contributed by atoms with Crippen molar-refractivity contribution in [3.05, 3.63) is 52.2 Å². The Morgan fingerprint density at radius 3 is 2.98 bits per heavy atom. The summed E-state index contributed by atoms with van der Waals surface area (Å²) in [4.78, 5) is 21.4. The van der Waals surface area contributed by atoms with Gasteiger partial charge in [-0.1, -0.05) is 23.7 Å². The van der Waals surface area contributed by atoms with Crippen LogP contribution in [0, 0.1) is 0 Å². The molecule has 1 aromatic heterocycles. The van der Waals surface area contributed by atoms with Gasteiger partial charge in [-0.15, -0.1) is 0 Å². The number of pyridine rings is 1. The van der Waals surface area contributed by atoms with Crippen molar-refractivity contribution in [2.24, 2.45) is 0 Å². The van der Waals surface area contributed by atoms with Crippen LogP contribution in [0.25, 0.3) is 0 Å². The Kier molecular flexibility index (Phi) is 10.1. The van der Waals surface area contributed by atoms with Gasteiger partial charge in [0.1, 0.15) is 5.82 Å². The van der Waals surface area contributed by atoms with E-state index < -0.39 is 5.97 Å². The smallest absolute Gasteiger partial charge is 0.304 e. The molecule has 5 rings (SSSR count). The second-order valence-corrected chi connectivity index (χ2v) is 12.8. The van der Waals surface area contributed by atoms with Crippen molar-refractivity contribution in [2.75, 3.05) is 62.7 Å². The summed E-state index contributed by atoms with van der Waals surface area (Å²) in [5.74, 6) is 0.00759. The molecule has 41 heavy (non-hydrogen) atoms. The molecule has 4 heterocycles. The minimum absolute atomic E-state index is 0.0226. The Morgan fingerprint density at radius 2 is 2.15 bits per heavy atom. The van der Waals surface area contributed by atoms with E-state index in [0.29, 0.717) is 18.2 Å². The highest BCUT2D eigenvalue weighted by Crippen LogP contribution is 2.34. The zero-order valence-electron chi connectivity index (χ0n) is 24.5. The number of nitrogens with one attached hydrogen (secondary N) is 1. The summed E-state index contributed by atoms with van der Waals surface area (Å²) < 4.78 is 12.3. The minimum atomic E-state index is -0.820. The molecule has 3 aliphatic heterocycles. The Balaban J connectivity index is 1.15. The van der Waals surface area contributed by atoms with Crippen LogP contribution in [0.1, 0.15) is 68.7 Å². The predicted octanol–water partition coefficient (Wildman–Crippen LogP) is 5.38. The van der Waals surface area contributed by atoms with Crippen LogP contribution < -0.4 is 10.2 Å². The molecule has 2 aromatic rings. The SMILES string of the molecule is CC1(C)CN(c2cc([C@H](CO[C@@H]3CCCN(CCCc4ccc5c(n4)NCCC5)C3)CC(=O)O)ccc2Cl)CCO1. The van der Waals surface area contributed by atoms with E-state index in [0.717, 1.165) is 94.1 Å². The molecule has 2 atom stereocenters. The van der Waals surface area contributed by atoms with Crippen LogP contribution in [0.4, 0.5) is 11.5 Å². The lowest BCUT2D eigenvalue weighted by Gasteiger charge is -2.40. The molecule has 0 radical (unpaired) electrons. The molecule has 2 fully saturated rings. The van der Waals surface area contributed by atoms with E-state index in [-0.39, 0.29) is 24.0 Å². The number of hydrogen-bond acceptors (Lipinski definition) is 7. The second kappa shape index (κ2) is 13.7. The van der Waals surface area contributed by atoms with E-state index in [1.165, 1.54) is 12.0 Å². The van der Waals surface area contributed by atoms with Crippen molar-refractivity contribution in [1.29, 1.82) is 0 Å². The number of benzene rings is 1. The Morgan fingerprint density at radius 1 is 1.27 bits per heavy atom. The molecule has 224 valence electrons. The molecule has 0 bridgehead atoms. The fourth-order valence-electron chi connectivity index (χ4n) is 6.33. The summed E-state index contributed by atoms with van der Waals surface area (Å²) in [5.41, 5.74) is 4.11. The van der Waals surface area contributed by atoms with E-state index in [9.17, 15) is 9.90 Å². The number of halogens is 1. The van der Waals surface area contributed by atoms with Crippen molar-refractivity contribution in [1.82, 2.24) is 9.88 Å². The van der Waals surface area contributed by atoms with Gasteiger partial charge in [0.25, 0.3) is 0 Å². The van der Waals surface area contributed by atoms with Gasteiger partial charge in [-0.25, -0.2) is 4.98 Å². The number of aliphatic carboxylic acids is 1. The average molecular weight is 585 g/mol. The first-order valence-corrected chi connectivity index (χ1v) is 15.6. The first-order chi connectivity index (χ1) is 19.8. The van der Waals surface area contributed by atoms with Crippen molar-refractivity contribution < 1.29 is 19.4 Å². The predicted molar refractivity (Wildman–Crippen MR) is 163 cm³/mol. The first kappa shape index (κ1) is 30.1. The minimum Gasteiger partial charge on any atom is -0.481 e. The molecule has 0 saturated carbocycles. The van der Waals surface area contributed by atoms with E-state index in [1.807, 2.05) is 12.1 Å². The number of piperidine rings is 1. The van der Waals surface area contributed by atoms with Crippen molar-refractivity contribution in [2.45, 2.75) is 76.4 Å². The number of hydrogen-bond donors (Lipinski definition) is 2. The van der Waals surface area contributed by atoms with Crippen LogP contribution in [-0.4, -0.2) is 85.1 Å². The van der Waals surface area contributed by atoms with Crippen LogP contribution in [-0.2, 0) is 27.1 Å². The molecule has 2 N–H and O–H groups in total. The molecule has 9 heteroatoms. The molecule has 0 amide bonds. The van der Waals surface area contributed by atoms with Gasteiger partial charge >= 0.3 is 5.97 Å². The summed E-state index contributed by atoms with van der Waals surface area (Å²) in [5, 5.41) is 13.8. The number of anilines is 2. The summed E-state index contributed by atoms with van der Waals surface area (Å²) in [6, 6.07) is 10.3. The van der Waals surface area contributed by atoms with E-state index >= 15 is 0 Å². The van der Waals surface area contributed by atoms with Gasteiger partial charge < -0.3 is 29.7 Å². The monoisotopic (exact) mass is 584 g/mol. The van der Waals surface area contributed by atoms with Gasteiger partial charge in [-0.05, 0) is 94.8 Å². The normalized spacial score (nSPS) is 21.6. The number of aromatic nitrogens is 1. The zero-order valence-corrected chi connectivity index (χ0v) is 25.3. The maximum atomic E-state index is 11.8. The number of morpholine rings is 1. The number of carboxylic acids is 1. The fraction of sp³-hybridized carbons (Fsp3) is 0.625. The summed E-state index contributed by atoms with van der Waals surface area (Å²) >= 11 is 6.62. The third-order valence-electron chi connectivity index (χ3n) is 8.48. The molecule has 3 aliphatic rings. The maximum absolute atomic E-state index is 11.8. The standard InChI is InChI=1S/C32H45ClN4O4/c1-32(2)22-37(16-17-41-32)29-18-24(10-12-28(29)33)25(19-30(38)39)21-40-27-8-5-15-36(20-27)14-4-7-26-11-9-23-6-3-13-34-31(23)35-26/h9-12,18,25,27H,3-8,13-17,19-22H2,1-2H3,(H,34,35)(H,38,39)/t25-,27+/m0/s1. The lowest BCUT2D eigenvalue weighted by Crippen LogP contribution is -2.48. The Hall–Kier alpha value is -2.39. The molecule has 1 aromatic carbocycles. The highest BCUT2D eigenvalue weighted by atomic mass is 35.5. The number of ether oxygens (including phenoxy) is 2. The third kappa shape index (κ3) is 8.34. The van der Waals surface area contributed by atoms with Crippen LogP contribution >= 0.6 is 11.6 Å². The lowest BCUT2D eigenvalue weighted by molar-refractivity contribution is -0.138. The van der Waals surface area contributed by atoms with Gasteiger partial charge in [0.15, 0.2) is 0 Å². The number of nitrogens with zero attached hydrogens (tertiary/aromatic N) is 3. The largest absolute Gasteiger partial charge is 0.481 e. The molecular formula is C32H45ClN4O4. The van der Waals surface area contributed by atoms with Crippen LogP contribution in [0.3, 0.4) is 0 Å². The molecular weight excluding hydrogens is 540 g/mol. The van der Waals surface area contributed by atoms with Crippen LogP contribution in [0.5, 0.6) is 0 Å². The van der Waals surface area contributed by atoms with Gasteiger partial charge in [0.05, 0.1) is 42.0 Å². The highest BCUT2D eigenvalue weighted by Gasteiger charge is 2.29. The van der Waals surface area contributed by atoms with Gasteiger partial charge in [0, 0.05) is 37.8 Å². The number of carboxylic acid groups (broad SMARTS) is 1. The molecule has 2 saturated heterocycles. The summed E-state index contributed by atoms with van der Waals surface area (Å²) in [6.45, 7) is 10.6. The Labute approximate surface area is 249 Å². The number of rotatable bonds is 11.